The Bertz CT molecular complexity index is 334. The molecule has 17 heavy (non-hydrogen) atoms. The third-order valence-corrected chi connectivity index (χ3v) is 2.55. The second-order valence-corrected chi connectivity index (χ2v) is 4.34. The topological polar surface area (TPSA) is 58.0 Å². The van der Waals surface area contributed by atoms with Crippen LogP contribution in [0.5, 0.6) is 0 Å². The lowest BCUT2D eigenvalue weighted by molar-refractivity contribution is 0.283. The highest BCUT2D eigenvalue weighted by molar-refractivity contribution is 6.29. The number of hydrogen-bond donors (Lipinski definition) is 2. The van der Waals surface area contributed by atoms with Crippen LogP contribution in [0.2, 0.25) is 5.15 Å². The molecule has 0 aromatic carbocycles. The molecule has 0 bridgehead atoms. The fourth-order valence-electron chi connectivity index (χ4n) is 1.52. The van der Waals surface area contributed by atoms with Crippen molar-refractivity contribution in [3.63, 3.8) is 0 Å². The monoisotopic (exact) mass is 257 g/mol. The van der Waals surface area contributed by atoms with Crippen molar-refractivity contribution in [3.05, 3.63) is 17.0 Å². The van der Waals surface area contributed by atoms with Gasteiger partial charge in [-0.15, -0.1) is 0 Å². The van der Waals surface area contributed by atoms with Crippen LogP contribution in [0.25, 0.3) is 0 Å². The highest BCUT2D eigenvalue weighted by Crippen LogP contribution is 2.12. The minimum Gasteiger partial charge on any atom is -0.396 e. The van der Waals surface area contributed by atoms with Crippen LogP contribution in [0.3, 0.4) is 0 Å². The molecule has 0 aliphatic rings. The van der Waals surface area contributed by atoms with Gasteiger partial charge in [-0.3, -0.25) is 0 Å². The highest BCUT2D eigenvalue weighted by Gasteiger charge is 2.02. The Balaban J connectivity index is 2.41. The van der Waals surface area contributed by atoms with Crippen molar-refractivity contribution in [2.75, 3.05) is 18.5 Å². The van der Waals surface area contributed by atoms with Crippen molar-refractivity contribution >= 4 is 17.4 Å². The molecule has 5 heteroatoms. The second kappa shape index (κ2) is 8.25. The number of rotatable bonds is 8. The number of anilines is 1. The first-order chi connectivity index (χ1) is 8.26. The Labute approximate surface area is 107 Å². The molecule has 0 fully saturated rings. The summed E-state index contributed by atoms with van der Waals surface area (Å²) >= 11 is 5.92. The molecule has 0 aliphatic carbocycles. The number of aromatic nitrogens is 2. The summed E-state index contributed by atoms with van der Waals surface area (Å²) in [5.41, 5.74) is 0. The molecule has 96 valence electrons. The molecule has 4 nitrogen and oxygen atoms in total. The Hall–Kier alpha value is -0.870. The van der Waals surface area contributed by atoms with E-state index in [9.17, 15) is 0 Å². The van der Waals surface area contributed by atoms with Crippen molar-refractivity contribution in [1.82, 2.24) is 9.97 Å². The van der Waals surface area contributed by atoms with Crippen LogP contribution in [-0.2, 0) is 6.42 Å². The van der Waals surface area contributed by atoms with E-state index in [0.717, 1.165) is 50.3 Å². The summed E-state index contributed by atoms with van der Waals surface area (Å²) in [4.78, 5) is 8.55. The van der Waals surface area contributed by atoms with E-state index >= 15 is 0 Å². The van der Waals surface area contributed by atoms with Gasteiger partial charge in [0.2, 0.25) is 0 Å². The molecule has 1 heterocycles. The lowest BCUT2D eigenvalue weighted by Crippen LogP contribution is -2.06. The molecule has 0 atom stereocenters. The molecule has 0 unspecified atom stereocenters. The zero-order valence-corrected chi connectivity index (χ0v) is 11.0. The van der Waals surface area contributed by atoms with Crippen LogP contribution in [-0.4, -0.2) is 28.2 Å². The maximum absolute atomic E-state index is 8.66. The molecule has 1 aromatic heterocycles. The number of aryl methyl sites for hydroxylation is 1. The average molecular weight is 258 g/mol. The number of nitrogens with one attached hydrogen (secondary N) is 1. The molecule has 1 aromatic rings. The van der Waals surface area contributed by atoms with E-state index in [-0.39, 0.29) is 6.61 Å². The summed E-state index contributed by atoms with van der Waals surface area (Å²) in [6.45, 7) is 3.20. The Morgan fingerprint density at radius 2 is 2.12 bits per heavy atom. The van der Waals surface area contributed by atoms with Gasteiger partial charge in [0, 0.05) is 25.6 Å². The van der Waals surface area contributed by atoms with Crippen LogP contribution in [0, 0.1) is 0 Å². The van der Waals surface area contributed by atoms with Crippen LogP contribution < -0.4 is 5.32 Å². The fourth-order valence-corrected chi connectivity index (χ4v) is 1.72. The Kier molecular flexibility index (Phi) is 6.89. The van der Waals surface area contributed by atoms with Crippen LogP contribution in [0.4, 0.5) is 5.82 Å². The van der Waals surface area contributed by atoms with Gasteiger partial charge < -0.3 is 10.4 Å². The fraction of sp³-hybridized carbons (Fsp3) is 0.667. The first kappa shape index (κ1) is 14.2. The van der Waals surface area contributed by atoms with Crippen molar-refractivity contribution < 1.29 is 5.11 Å². The van der Waals surface area contributed by atoms with Gasteiger partial charge in [0.15, 0.2) is 0 Å². The molecule has 0 amide bonds. The van der Waals surface area contributed by atoms with E-state index in [1.54, 1.807) is 6.07 Å². The van der Waals surface area contributed by atoms with Crippen molar-refractivity contribution in [2.24, 2.45) is 0 Å². The maximum atomic E-state index is 8.66. The van der Waals surface area contributed by atoms with Crippen LogP contribution in [0.1, 0.15) is 38.4 Å². The van der Waals surface area contributed by atoms with E-state index in [2.05, 4.69) is 22.2 Å². The summed E-state index contributed by atoms with van der Waals surface area (Å²) in [6.07, 6.45) is 4.75. The lowest BCUT2D eigenvalue weighted by atomic mass is 10.2. The molecular weight excluding hydrogens is 238 g/mol. The summed E-state index contributed by atoms with van der Waals surface area (Å²) in [5, 5.41) is 12.4. The SMILES string of the molecule is CCCc1nc(Cl)cc(NCCCCCO)n1. The Morgan fingerprint density at radius 3 is 2.82 bits per heavy atom. The van der Waals surface area contributed by atoms with Gasteiger partial charge in [-0.1, -0.05) is 18.5 Å². The van der Waals surface area contributed by atoms with Gasteiger partial charge in [-0.25, -0.2) is 9.97 Å². The minimum atomic E-state index is 0.264. The largest absolute Gasteiger partial charge is 0.396 e. The predicted octanol–water partition coefficient (Wildman–Crippen LogP) is 2.66. The van der Waals surface area contributed by atoms with Gasteiger partial charge in [-0.2, -0.15) is 0 Å². The van der Waals surface area contributed by atoms with Gasteiger partial charge in [0.25, 0.3) is 0 Å². The number of nitrogens with zero attached hydrogens (tertiary/aromatic N) is 2. The third-order valence-electron chi connectivity index (χ3n) is 2.36. The number of halogens is 1. The molecule has 0 radical (unpaired) electrons. The van der Waals surface area contributed by atoms with Gasteiger partial charge in [-0.05, 0) is 25.7 Å². The highest BCUT2D eigenvalue weighted by atomic mass is 35.5. The molecule has 0 saturated carbocycles. The van der Waals surface area contributed by atoms with Crippen molar-refractivity contribution in [2.45, 2.75) is 39.0 Å². The minimum absolute atomic E-state index is 0.264. The van der Waals surface area contributed by atoms with Gasteiger partial charge >= 0.3 is 0 Å². The molecular formula is C12H20ClN3O. The summed E-state index contributed by atoms with van der Waals surface area (Å²) in [6, 6.07) is 1.74. The number of aliphatic hydroxyl groups is 1. The van der Waals surface area contributed by atoms with E-state index in [1.165, 1.54) is 0 Å². The number of aliphatic hydroxyl groups excluding tert-OH is 1. The normalized spacial score (nSPS) is 10.5. The number of unbranched alkanes of at least 4 members (excludes halogenated alkanes) is 2. The molecule has 0 aliphatic heterocycles. The van der Waals surface area contributed by atoms with E-state index in [1.807, 2.05) is 0 Å². The summed E-state index contributed by atoms with van der Waals surface area (Å²) in [5.74, 6) is 1.58. The molecule has 0 saturated heterocycles. The van der Waals surface area contributed by atoms with Crippen LogP contribution >= 0.6 is 11.6 Å². The predicted molar refractivity (Wildman–Crippen MR) is 70.5 cm³/mol. The first-order valence-electron chi connectivity index (χ1n) is 6.14. The average Bonchev–Trinajstić information content (AvgIpc) is 2.28. The van der Waals surface area contributed by atoms with E-state index in [4.69, 9.17) is 16.7 Å². The molecule has 0 spiro atoms. The van der Waals surface area contributed by atoms with Gasteiger partial charge in [0.05, 0.1) is 0 Å². The molecule has 2 N–H and O–H groups in total. The smallest absolute Gasteiger partial charge is 0.134 e. The first-order valence-corrected chi connectivity index (χ1v) is 6.52. The van der Waals surface area contributed by atoms with Crippen molar-refractivity contribution in [1.29, 1.82) is 0 Å². The maximum Gasteiger partial charge on any atom is 0.134 e. The summed E-state index contributed by atoms with van der Waals surface area (Å²) < 4.78 is 0. The number of hydrogen-bond acceptors (Lipinski definition) is 4. The zero-order valence-electron chi connectivity index (χ0n) is 10.2. The van der Waals surface area contributed by atoms with Crippen LogP contribution in [0.15, 0.2) is 6.07 Å². The van der Waals surface area contributed by atoms with Gasteiger partial charge in [0.1, 0.15) is 16.8 Å². The van der Waals surface area contributed by atoms with Crippen molar-refractivity contribution in [3.8, 4) is 0 Å². The standard InChI is InChI=1S/C12H20ClN3O/c1-2-6-11-15-10(13)9-12(16-11)14-7-4-3-5-8-17/h9,17H,2-8H2,1H3,(H,14,15,16). The van der Waals surface area contributed by atoms with E-state index in [0.29, 0.717) is 5.15 Å². The lowest BCUT2D eigenvalue weighted by Gasteiger charge is -2.07. The van der Waals surface area contributed by atoms with E-state index < -0.39 is 0 Å². The quantitative estimate of drug-likeness (QED) is 0.555. The Morgan fingerprint density at radius 1 is 1.29 bits per heavy atom. The second-order valence-electron chi connectivity index (χ2n) is 3.95. The molecule has 1 rings (SSSR count). The third kappa shape index (κ3) is 5.84. The summed E-state index contributed by atoms with van der Waals surface area (Å²) in [7, 11) is 0. The zero-order chi connectivity index (χ0) is 12.5.